The molecule has 3 heteroatoms. The molecule has 0 heterocycles. The molecule has 0 radical (unpaired) electrons. The first kappa shape index (κ1) is 10.5. The van der Waals surface area contributed by atoms with E-state index in [1.54, 1.807) is 0 Å². The molecule has 0 N–H and O–H groups in total. The second-order valence-corrected chi connectivity index (χ2v) is 3.90. The van der Waals surface area contributed by atoms with Gasteiger partial charge < -0.3 is 4.90 Å². The fourth-order valence-electron chi connectivity index (χ4n) is 1.06. The normalized spacial score (nSPS) is 9.69. The highest BCUT2D eigenvalue weighted by atomic mass is 127. The Kier molecular flexibility index (Phi) is 4.21. The molecule has 2 nitrogen and oxygen atoms in total. The first-order chi connectivity index (χ1) is 6.27. The monoisotopic (exact) mass is 289 g/mol. The molecule has 1 rings (SSSR count). The molecule has 0 fully saturated rings. The molecular formula is C10H12INO. The average Bonchev–Trinajstić information content (AvgIpc) is 2.18. The minimum Gasteiger partial charge on any atom is -0.374 e. The van der Waals surface area contributed by atoms with E-state index in [4.69, 9.17) is 0 Å². The summed E-state index contributed by atoms with van der Waals surface area (Å²) in [6.45, 7) is 1.03. The number of carbonyl (C=O) groups is 1. The van der Waals surface area contributed by atoms with Crippen molar-refractivity contribution in [2.24, 2.45) is 0 Å². The molecule has 0 saturated heterocycles. The predicted octanol–water partition coefficient (Wildman–Crippen LogP) is 2.37. The van der Waals surface area contributed by atoms with Gasteiger partial charge in [-0.3, -0.25) is 4.79 Å². The van der Waals surface area contributed by atoms with E-state index >= 15 is 0 Å². The van der Waals surface area contributed by atoms with E-state index in [1.807, 2.05) is 24.3 Å². The highest BCUT2D eigenvalue weighted by molar-refractivity contribution is 14.1. The number of carbonyl (C=O) groups excluding carboxylic acids is 1. The van der Waals surface area contributed by atoms with Gasteiger partial charge >= 0.3 is 0 Å². The fraction of sp³-hybridized carbons (Fsp3) is 0.300. The molecule has 70 valence electrons. The number of hydrogen-bond acceptors (Lipinski definition) is 2. The van der Waals surface area contributed by atoms with Crippen molar-refractivity contribution in [1.29, 1.82) is 0 Å². The van der Waals surface area contributed by atoms with Gasteiger partial charge in [0, 0.05) is 29.3 Å². The van der Waals surface area contributed by atoms with Crippen LogP contribution >= 0.6 is 22.6 Å². The maximum absolute atomic E-state index is 10.4. The Morgan fingerprint density at radius 3 is 2.46 bits per heavy atom. The Morgan fingerprint density at radius 1 is 1.38 bits per heavy atom. The first-order valence-corrected chi connectivity index (χ1v) is 5.63. The summed E-state index contributed by atoms with van der Waals surface area (Å²) in [6.07, 6.45) is 0.863. The fourth-order valence-corrected chi connectivity index (χ4v) is 1.79. The van der Waals surface area contributed by atoms with Gasteiger partial charge in [0.15, 0.2) is 0 Å². The molecule has 0 aliphatic rings. The van der Waals surface area contributed by atoms with Crippen molar-refractivity contribution in [3.05, 3.63) is 29.8 Å². The van der Waals surface area contributed by atoms with E-state index in [2.05, 4.69) is 34.5 Å². The van der Waals surface area contributed by atoms with Gasteiger partial charge in [0.25, 0.3) is 0 Å². The molecule has 0 aliphatic carbocycles. The van der Waals surface area contributed by atoms with Crippen LogP contribution in [0, 0.1) is 0 Å². The van der Waals surface area contributed by atoms with Gasteiger partial charge in [0.1, 0.15) is 6.29 Å². The number of aldehydes is 1. The minimum absolute atomic E-state index is 0.728. The summed E-state index contributed by atoms with van der Waals surface area (Å²) in [4.78, 5) is 12.6. The lowest BCUT2D eigenvalue weighted by molar-refractivity contribution is 0.112. The predicted molar refractivity (Wildman–Crippen MR) is 64.0 cm³/mol. The maximum atomic E-state index is 10.4. The van der Waals surface area contributed by atoms with Crippen LogP contribution in [0.5, 0.6) is 0 Å². The van der Waals surface area contributed by atoms with Crippen molar-refractivity contribution in [2.45, 2.75) is 0 Å². The zero-order valence-corrected chi connectivity index (χ0v) is 9.69. The Labute approximate surface area is 92.1 Å². The first-order valence-electron chi connectivity index (χ1n) is 4.10. The smallest absolute Gasteiger partial charge is 0.150 e. The Hall–Kier alpha value is -0.580. The van der Waals surface area contributed by atoms with Crippen LogP contribution in [-0.4, -0.2) is 24.3 Å². The number of alkyl halides is 1. The zero-order chi connectivity index (χ0) is 9.68. The van der Waals surface area contributed by atoms with Crippen molar-refractivity contribution >= 4 is 34.6 Å². The van der Waals surface area contributed by atoms with Gasteiger partial charge in [0.2, 0.25) is 0 Å². The molecule has 0 spiro atoms. The molecule has 13 heavy (non-hydrogen) atoms. The van der Waals surface area contributed by atoms with Crippen LogP contribution in [0.15, 0.2) is 24.3 Å². The molecule has 0 aliphatic heterocycles. The van der Waals surface area contributed by atoms with E-state index in [0.717, 1.165) is 28.5 Å². The third-order valence-electron chi connectivity index (χ3n) is 1.89. The maximum Gasteiger partial charge on any atom is 0.150 e. The van der Waals surface area contributed by atoms with Gasteiger partial charge in [0.05, 0.1) is 0 Å². The van der Waals surface area contributed by atoms with Crippen LogP contribution in [0.2, 0.25) is 0 Å². The average molecular weight is 289 g/mol. The summed E-state index contributed by atoms with van der Waals surface area (Å²) in [5, 5.41) is 0. The quantitative estimate of drug-likeness (QED) is 0.482. The molecule has 0 atom stereocenters. The number of benzene rings is 1. The summed E-state index contributed by atoms with van der Waals surface area (Å²) >= 11 is 2.35. The third kappa shape index (κ3) is 2.99. The van der Waals surface area contributed by atoms with Crippen molar-refractivity contribution in [3.63, 3.8) is 0 Å². The second kappa shape index (κ2) is 5.21. The van der Waals surface area contributed by atoms with Crippen molar-refractivity contribution < 1.29 is 4.79 Å². The van der Waals surface area contributed by atoms with Gasteiger partial charge in [-0.05, 0) is 24.3 Å². The number of halogens is 1. The van der Waals surface area contributed by atoms with E-state index in [1.165, 1.54) is 0 Å². The van der Waals surface area contributed by atoms with Crippen LogP contribution in [-0.2, 0) is 0 Å². The molecule has 1 aromatic carbocycles. The highest BCUT2D eigenvalue weighted by Gasteiger charge is 1.98. The Morgan fingerprint density at radius 2 is 2.00 bits per heavy atom. The van der Waals surface area contributed by atoms with Crippen LogP contribution < -0.4 is 4.90 Å². The van der Waals surface area contributed by atoms with Gasteiger partial charge in [-0.1, -0.05) is 22.6 Å². The molecular weight excluding hydrogens is 277 g/mol. The largest absolute Gasteiger partial charge is 0.374 e. The van der Waals surface area contributed by atoms with Gasteiger partial charge in [-0.15, -0.1) is 0 Å². The number of hydrogen-bond donors (Lipinski definition) is 0. The van der Waals surface area contributed by atoms with E-state index in [0.29, 0.717) is 0 Å². The third-order valence-corrected chi connectivity index (χ3v) is 2.37. The lowest BCUT2D eigenvalue weighted by Gasteiger charge is -2.17. The topological polar surface area (TPSA) is 20.3 Å². The Balaban J connectivity index is 2.73. The standard InChI is InChI=1S/C10H12INO/c1-12(7-6-11)10-4-2-9(8-13)3-5-10/h2-5,8H,6-7H2,1H3. The van der Waals surface area contributed by atoms with Gasteiger partial charge in [-0.2, -0.15) is 0 Å². The molecule has 0 aromatic heterocycles. The van der Waals surface area contributed by atoms with Crippen LogP contribution in [0.3, 0.4) is 0 Å². The summed E-state index contributed by atoms with van der Waals surface area (Å²) in [5.74, 6) is 0. The lowest BCUT2D eigenvalue weighted by Crippen LogP contribution is -2.19. The van der Waals surface area contributed by atoms with Crippen molar-refractivity contribution in [1.82, 2.24) is 0 Å². The Bertz CT molecular complexity index is 271. The molecule has 0 saturated carbocycles. The van der Waals surface area contributed by atoms with Crippen LogP contribution in [0.1, 0.15) is 10.4 Å². The summed E-state index contributed by atoms with van der Waals surface area (Å²) in [7, 11) is 2.05. The summed E-state index contributed by atoms with van der Waals surface area (Å²) in [6, 6.07) is 7.62. The van der Waals surface area contributed by atoms with Crippen molar-refractivity contribution in [2.75, 3.05) is 22.9 Å². The van der Waals surface area contributed by atoms with Crippen LogP contribution in [0.4, 0.5) is 5.69 Å². The highest BCUT2D eigenvalue weighted by Crippen LogP contribution is 2.12. The number of nitrogens with zero attached hydrogens (tertiary/aromatic N) is 1. The number of anilines is 1. The molecule has 0 unspecified atom stereocenters. The summed E-state index contributed by atoms with van der Waals surface area (Å²) in [5.41, 5.74) is 1.88. The van der Waals surface area contributed by atoms with Crippen LogP contribution in [0.25, 0.3) is 0 Å². The SMILES string of the molecule is CN(CCI)c1ccc(C=O)cc1. The second-order valence-electron chi connectivity index (χ2n) is 2.82. The molecule has 1 aromatic rings. The lowest BCUT2D eigenvalue weighted by atomic mass is 10.2. The zero-order valence-electron chi connectivity index (χ0n) is 7.53. The van der Waals surface area contributed by atoms with Gasteiger partial charge in [-0.25, -0.2) is 0 Å². The summed E-state index contributed by atoms with van der Waals surface area (Å²) < 4.78 is 1.10. The molecule has 0 amide bonds. The molecule has 0 bridgehead atoms. The van der Waals surface area contributed by atoms with E-state index < -0.39 is 0 Å². The minimum atomic E-state index is 0.728. The van der Waals surface area contributed by atoms with Crippen molar-refractivity contribution in [3.8, 4) is 0 Å². The van der Waals surface area contributed by atoms with E-state index in [-0.39, 0.29) is 0 Å². The van der Waals surface area contributed by atoms with E-state index in [9.17, 15) is 4.79 Å². The number of rotatable bonds is 4.